The van der Waals surface area contributed by atoms with Gasteiger partial charge in [-0.25, -0.2) is 0 Å². The normalized spacial score (nSPS) is 20.2. The average Bonchev–Trinajstić information content (AvgIpc) is 2.42. The third kappa shape index (κ3) is 4.22. The van der Waals surface area contributed by atoms with Gasteiger partial charge in [-0.1, -0.05) is 36.8 Å². The average molecular weight is 284 g/mol. The molecule has 0 aliphatic carbocycles. The SMILES string of the molecule is CCOC(=O)[C@@H](c1ccccc1)[C@H]1CCCCN1.Cl. The standard InChI is InChI=1S/C15H21NO2.ClH/c1-2-18-15(17)14(12-8-4-3-5-9-12)13-10-6-7-11-16-13;/h3-5,8-9,13-14,16H,2,6-7,10-11H2,1H3;1H/t13-,14+;/m1./s1. The quantitative estimate of drug-likeness (QED) is 0.864. The van der Waals surface area contributed by atoms with Crippen molar-refractivity contribution in [1.29, 1.82) is 0 Å². The van der Waals surface area contributed by atoms with Crippen molar-refractivity contribution in [2.45, 2.75) is 38.1 Å². The van der Waals surface area contributed by atoms with Crippen LogP contribution in [0.5, 0.6) is 0 Å². The van der Waals surface area contributed by atoms with Crippen LogP contribution >= 0.6 is 12.4 Å². The molecule has 1 aliphatic heterocycles. The first-order chi connectivity index (χ1) is 8.83. The molecule has 1 aliphatic rings. The van der Waals surface area contributed by atoms with Crippen molar-refractivity contribution in [3.05, 3.63) is 35.9 Å². The molecular formula is C15H22ClNO2. The molecule has 0 bridgehead atoms. The lowest BCUT2D eigenvalue weighted by molar-refractivity contribution is -0.145. The van der Waals surface area contributed by atoms with Crippen LogP contribution in [-0.2, 0) is 9.53 Å². The maximum absolute atomic E-state index is 12.2. The number of carbonyl (C=O) groups is 1. The number of piperidine rings is 1. The molecule has 0 amide bonds. The summed E-state index contributed by atoms with van der Waals surface area (Å²) in [7, 11) is 0. The topological polar surface area (TPSA) is 38.3 Å². The molecule has 2 rings (SSSR count). The van der Waals surface area contributed by atoms with E-state index in [2.05, 4.69) is 5.32 Å². The molecule has 1 saturated heterocycles. The number of nitrogens with one attached hydrogen (secondary N) is 1. The highest BCUT2D eigenvalue weighted by atomic mass is 35.5. The van der Waals surface area contributed by atoms with Gasteiger partial charge in [0.15, 0.2) is 0 Å². The van der Waals surface area contributed by atoms with E-state index < -0.39 is 0 Å². The van der Waals surface area contributed by atoms with Crippen LogP contribution in [0.25, 0.3) is 0 Å². The number of rotatable bonds is 4. The number of ether oxygens (including phenoxy) is 1. The Morgan fingerprint density at radius 1 is 1.37 bits per heavy atom. The first-order valence-corrected chi connectivity index (χ1v) is 6.78. The van der Waals surface area contributed by atoms with Gasteiger partial charge in [0.25, 0.3) is 0 Å². The molecule has 0 saturated carbocycles. The minimum atomic E-state index is -0.175. The largest absolute Gasteiger partial charge is 0.465 e. The van der Waals surface area contributed by atoms with Gasteiger partial charge in [-0.2, -0.15) is 0 Å². The minimum Gasteiger partial charge on any atom is -0.465 e. The lowest BCUT2D eigenvalue weighted by Gasteiger charge is -2.30. The Labute approximate surface area is 121 Å². The number of carbonyl (C=O) groups excluding carboxylic acids is 1. The monoisotopic (exact) mass is 283 g/mol. The Balaban J connectivity index is 0.00000180. The van der Waals surface area contributed by atoms with Crippen LogP contribution in [0.15, 0.2) is 30.3 Å². The van der Waals surface area contributed by atoms with Gasteiger partial charge in [-0.15, -0.1) is 12.4 Å². The van der Waals surface area contributed by atoms with E-state index in [1.54, 1.807) is 0 Å². The van der Waals surface area contributed by atoms with E-state index in [1.165, 1.54) is 12.8 Å². The Kier molecular flexibility index (Phi) is 6.89. The van der Waals surface area contributed by atoms with Crippen molar-refractivity contribution in [3.8, 4) is 0 Å². The van der Waals surface area contributed by atoms with Crippen molar-refractivity contribution < 1.29 is 9.53 Å². The van der Waals surface area contributed by atoms with Crippen LogP contribution in [0.1, 0.15) is 37.7 Å². The molecule has 0 radical (unpaired) electrons. The second-order valence-corrected chi connectivity index (χ2v) is 4.70. The first kappa shape index (κ1) is 16.0. The number of esters is 1. The summed E-state index contributed by atoms with van der Waals surface area (Å²) in [5.41, 5.74) is 1.05. The summed E-state index contributed by atoms with van der Waals surface area (Å²) in [4.78, 5) is 12.2. The van der Waals surface area contributed by atoms with Crippen LogP contribution in [0.4, 0.5) is 0 Å². The number of hydrogen-bond donors (Lipinski definition) is 1. The van der Waals surface area contributed by atoms with Gasteiger partial charge in [0.2, 0.25) is 0 Å². The summed E-state index contributed by atoms with van der Waals surface area (Å²) in [5.74, 6) is -0.283. The summed E-state index contributed by atoms with van der Waals surface area (Å²) >= 11 is 0. The summed E-state index contributed by atoms with van der Waals surface area (Å²) in [5, 5.41) is 3.46. The number of hydrogen-bond acceptors (Lipinski definition) is 3. The highest BCUT2D eigenvalue weighted by molar-refractivity contribution is 5.85. The molecule has 106 valence electrons. The zero-order valence-corrected chi connectivity index (χ0v) is 12.1. The second-order valence-electron chi connectivity index (χ2n) is 4.70. The smallest absolute Gasteiger partial charge is 0.315 e. The van der Waals surface area contributed by atoms with E-state index in [9.17, 15) is 4.79 Å². The van der Waals surface area contributed by atoms with Crippen LogP contribution in [0.2, 0.25) is 0 Å². The van der Waals surface area contributed by atoms with E-state index in [-0.39, 0.29) is 30.3 Å². The van der Waals surface area contributed by atoms with Crippen LogP contribution in [-0.4, -0.2) is 25.2 Å². The number of halogens is 1. The third-order valence-corrected chi connectivity index (χ3v) is 3.45. The maximum Gasteiger partial charge on any atom is 0.315 e. The van der Waals surface area contributed by atoms with Crippen molar-refractivity contribution in [2.24, 2.45) is 0 Å². The van der Waals surface area contributed by atoms with Crippen LogP contribution in [0, 0.1) is 0 Å². The van der Waals surface area contributed by atoms with Gasteiger partial charge >= 0.3 is 5.97 Å². The third-order valence-electron chi connectivity index (χ3n) is 3.45. The Hall–Kier alpha value is -1.06. The van der Waals surface area contributed by atoms with Crippen molar-refractivity contribution in [2.75, 3.05) is 13.2 Å². The van der Waals surface area contributed by atoms with Crippen LogP contribution < -0.4 is 5.32 Å². The molecule has 1 aromatic rings. The zero-order valence-electron chi connectivity index (χ0n) is 11.3. The van der Waals surface area contributed by atoms with Crippen LogP contribution in [0.3, 0.4) is 0 Å². The molecule has 2 atom stereocenters. The molecule has 1 heterocycles. The van der Waals surface area contributed by atoms with Gasteiger partial charge in [-0.3, -0.25) is 4.79 Å². The van der Waals surface area contributed by atoms with E-state index >= 15 is 0 Å². The van der Waals surface area contributed by atoms with Gasteiger partial charge in [0.05, 0.1) is 12.5 Å². The summed E-state index contributed by atoms with van der Waals surface area (Å²) in [6.07, 6.45) is 3.42. The van der Waals surface area contributed by atoms with E-state index in [0.29, 0.717) is 6.61 Å². The van der Waals surface area contributed by atoms with Gasteiger partial charge in [0, 0.05) is 6.04 Å². The zero-order chi connectivity index (χ0) is 12.8. The molecular weight excluding hydrogens is 262 g/mol. The molecule has 19 heavy (non-hydrogen) atoms. The molecule has 1 fully saturated rings. The molecule has 0 spiro atoms. The van der Waals surface area contributed by atoms with Crippen molar-refractivity contribution >= 4 is 18.4 Å². The highest BCUT2D eigenvalue weighted by Gasteiger charge is 2.31. The van der Waals surface area contributed by atoms with Gasteiger partial charge in [0.1, 0.15) is 0 Å². The maximum atomic E-state index is 12.2. The lowest BCUT2D eigenvalue weighted by Crippen LogP contribution is -2.42. The molecule has 0 aromatic heterocycles. The molecule has 1 N–H and O–H groups in total. The molecule has 4 heteroatoms. The van der Waals surface area contributed by atoms with Gasteiger partial charge < -0.3 is 10.1 Å². The predicted molar refractivity (Wildman–Crippen MR) is 78.7 cm³/mol. The Morgan fingerprint density at radius 2 is 2.11 bits per heavy atom. The summed E-state index contributed by atoms with van der Waals surface area (Å²) < 4.78 is 5.23. The fourth-order valence-corrected chi connectivity index (χ4v) is 2.59. The van der Waals surface area contributed by atoms with E-state index in [4.69, 9.17) is 4.74 Å². The van der Waals surface area contributed by atoms with E-state index in [0.717, 1.165) is 18.5 Å². The number of benzene rings is 1. The highest BCUT2D eigenvalue weighted by Crippen LogP contribution is 2.26. The summed E-state index contributed by atoms with van der Waals surface area (Å²) in [6.45, 7) is 3.29. The Bertz CT molecular complexity index is 377. The Morgan fingerprint density at radius 3 is 2.68 bits per heavy atom. The second kappa shape index (κ2) is 8.18. The lowest BCUT2D eigenvalue weighted by atomic mass is 9.86. The van der Waals surface area contributed by atoms with Crippen molar-refractivity contribution in [3.63, 3.8) is 0 Å². The summed E-state index contributed by atoms with van der Waals surface area (Å²) in [6, 6.07) is 10.2. The predicted octanol–water partition coefficient (Wildman–Crippen LogP) is 2.90. The van der Waals surface area contributed by atoms with Crippen molar-refractivity contribution in [1.82, 2.24) is 5.32 Å². The van der Waals surface area contributed by atoms with E-state index in [1.807, 2.05) is 37.3 Å². The molecule has 1 aromatic carbocycles. The fraction of sp³-hybridized carbons (Fsp3) is 0.533. The molecule has 0 unspecified atom stereocenters. The fourth-order valence-electron chi connectivity index (χ4n) is 2.59. The first-order valence-electron chi connectivity index (χ1n) is 6.78. The minimum absolute atomic E-state index is 0. The molecule has 3 nitrogen and oxygen atoms in total. The van der Waals surface area contributed by atoms with Gasteiger partial charge in [-0.05, 0) is 31.9 Å².